The first-order valence-corrected chi connectivity index (χ1v) is 6.38. The van der Waals surface area contributed by atoms with Gasteiger partial charge in [-0.2, -0.15) is 0 Å². The maximum absolute atomic E-state index is 11.6. The van der Waals surface area contributed by atoms with Gasteiger partial charge < -0.3 is 15.7 Å². The Labute approximate surface area is 106 Å². The lowest BCUT2D eigenvalue weighted by atomic mass is 10.1. The van der Waals surface area contributed by atoms with Crippen LogP contribution in [0.4, 0.5) is 0 Å². The SMILES string of the molecule is O=C(O)CCCCCCNC(=O)C1CCC(=O)N1. The van der Waals surface area contributed by atoms with E-state index >= 15 is 0 Å². The molecule has 102 valence electrons. The first-order valence-electron chi connectivity index (χ1n) is 6.38. The molecule has 2 amide bonds. The van der Waals surface area contributed by atoms with Gasteiger partial charge in [0.25, 0.3) is 0 Å². The van der Waals surface area contributed by atoms with Gasteiger partial charge in [0, 0.05) is 19.4 Å². The number of hydrogen-bond acceptors (Lipinski definition) is 3. The van der Waals surface area contributed by atoms with E-state index in [1.54, 1.807) is 0 Å². The predicted octanol–water partition coefficient (Wildman–Crippen LogP) is 0.416. The number of amides is 2. The minimum absolute atomic E-state index is 0.0659. The highest BCUT2D eigenvalue weighted by Crippen LogP contribution is 2.06. The topological polar surface area (TPSA) is 95.5 Å². The second kappa shape index (κ2) is 7.68. The van der Waals surface area contributed by atoms with E-state index in [2.05, 4.69) is 10.6 Å². The van der Waals surface area contributed by atoms with Gasteiger partial charge in [-0.3, -0.25) is 14.4 Å². The highest BCUT2D eigenvalue weighted by molar-refractivity contribution is 5.90. The summed E-state index contributed by atoms with van der Waals surface area (Å²) in [4.78, 5) is 32.7. The number of carbonyl (C=O) groups is 3. The number of nitrogens with one attached hydrogen (secondary N) is 2. The average Bonchev–Trinajstić information content (AvgIpc) is 2.74. The molecule has 0 bridgehead atoms. The van der Waals surface area contributed by atoms with Gasteiger partial charge in [0.1, 0.15) is 6.04 Å². The minimum atomic E-state index is -0.764. The standard InChI is InChI=1S/C12H20N2O4/c15-10-7-6-9(14-10)12(18)13-8-4-2-1-3-5-11(16)17/h9H,1-8H2,(H,13,18)(H,14,15)(H,16,17). The number of rotatable bonds is 8. The molecule has 0 radical (unpaired) electrons. The van der Waals surface area contributed by atoms with Crippen molar-refractivity contribution in [3.05, 3.63) is 0 Å². The van der Waals surface area contributed by atoms with E-state index in [9.17, 15) is 14.4 Å². The molecule has 0 spiro atoms. The fraction of sp³-hybridized carbons (Fsp3) is 0.750. The molecule has 1 aliphatic heterocycles. The van der Waals surface area contributed by atoms with E-state index in [1.807, 2.05) is 0 Å². The minimum Gasteiger partial charge on any atom is -0.481 e. The Balaban J connectivity index is 1.96. The molecule has 18 heavy (non-hydrogen) atoms. The molecule has 1 aliphatic rings. The zero-order chi connectivity index (χ0) is 13.4. The second-order valence-corrected chi connectivity index (χ2v) is 4.51. The highest BCUT2D eigenvalue weighted by Gasteiger charge is 2.26. The van der Waals surface area contributed by atoms with E-state index < -0.39 is 5.97 Å². The van der Waals surface area contributed by atoms with Crippen LogP contribution in [0.2, 0.25) is 0 Å². The lowest BCUT2D eigenvalue weighted by Gasteiger charge is -2.10. The van der Waals surface area contributed by atoms with E-state index in [4.69, 9.17) is 5.11 Å². The van der Waals surface area contributed by atoms with Gasteiger partial charge in [-0.1, -0.05) is 12.8 Å². The molecule has 1 fully saturated rings. The Morgan fingerprint density at radius 1 is 1.28 bits per heavy atom. The third-order valence-electron chi connectivity index (χ3n) is 2.93. The second-order valence-electron chi connectivity index (χ2n) is 4.51. The Kier molecular flexibility index (Phi) is 6.18. The van der Waals surface area contributed by atoms with Crippen LogP contribution < -0.4 is 10.6 Å². The Bertz CT molecular complexity index is 317. The molecule has 0 saturated carbocycles. The van der Waals surface area contributed by atoms with Gasteiger partial charge in [-0.25, -0.2) is 0 Å². The van der Waals surface area contributed by atoms with Crippen LogP contribution in [-0.4, -0.2) is 35.5 Å². The van der Waals surface area contributed by atoms with Gasteiger partial charge in [0.2, 0.25) is 11.8 Å². The fourth-order valence-electron chi connectivity index (χ4n) is 1.90. The molecule has 0 aliphatic carbocycles. The third kappa shape index (κ3) is 5.65. The zero-order valence-corrected chi connectivity index (χ0v) is 10.4. The first kappa shape index (κ1) is 14.5. The molecule has 0 aromatic heterocycles. The zero-order valence-electron chi connectivity index (χ0n) is 10.4. The number of carbonyl (C=O) groups excluding carboxylic acids is 2. The molecule has 1 saturated heterocycles. The molecule has 1 heterocycles. The van der Waals surface area contributed by atoms with Crippen LogP contribution in [0.5, 0.6) is 0 Å². The molecular weight excluding hydrogens is 236 g/mol. The van der Waals surface area contributed by atoms with Crippen molar-refractivity contribution in [2.45, 2.75) is 51.0 Å². The summed E-state index contributed by atoms with van der Waals surface area (Å²) >= 11 is 0. The molecule has 3 N–H and O–H groups in total. The monoisotopic (exact) mass is 256 g/mol. The number of carboxylic acid groups (broad SMARTS) is 1. The molecule has 6 heteroatoms. The van der Waals surface area contributed by atoms with E-state index in [1.165, 1.54) is 0 Å². The number of hydrogen-bond donors (Lipinski definition) is 3. The lowest BCUT2D eigenvalue weighted by molar-refractivity contribution is -0.137. The van der Waals surface area contributed by atoms with Crippen molar-refractivity contribution in [2.24, 2.45) is 0 Å². The lowest BCUT2D eigenvalue weighted by Crippen LogP contribution is -2.41. The van der Waals surface area contributed by atoms with E-state index in [0.717, 1.165) is 19.3 Å². The summed E-state index contributed by atoms with van der Waals surface area (Å²) in [6.07, 6.45) is 4.50. The van der Waals surface area contributed by atoms with Crippen LogP contribution in [-0.2, 0) is 14.4 Å². The Morgan fingerprint density at radius 3 is 2.61 bits per heavy atom. The van der Waals surface area contributed by atoms with Crippen molar-refractivity contribution in [3.63, 3.8) is 0 Å². The fourth-order valence-corrected chi connectivity index (χ4v) is 1.90. The third-order valence-corrected chi connectivity index (χ3v) is 2.93. The largest absolute Gasteiger partial charge is 0.481 e. The highest BCUT2D eigenvalue weighted by atomic mass is 16.4. The van der Waals surface area contributed by atoms with Crippen LogP contribution in [0.3, 0.4) is 0 Å². The van der Waals surface area contributed by atoms with E-state index in [0.29, 0.717) is 25.8 Å². The van der Waals surface area contributed by atoms with Crippen molar-refractivity contribution in [2.75, 3.05) is 6.54 Å². The Hall–Kier alpha value is -1.59. The number of carboxylic acids is 1. The summed E-state index contributed by atoms with van der Waals surface area (Å²) in [5, 5.41) is 13.8. The molecule has 0 aromatic carbocycles. The van der Waals surface area contributed by atoms with E-state index in [-0.39, 0.29) is 24.3 Å². The quantitative estimate of drug-likeness (QED) is 0.548. The Morgan fingerprint density at radius 2 is 2.00 bits per heavy atom. The molecule has 1 rings (SSSR count). The normalized spacial score (nSPS) is 18.4. The van der Waals surface area contributed by atoms with Crippen LogP contribution in [0, 0.1) is 0 Å². The van der Waals surface area contributed by atoms with Gasteiger partial charge in [0.05, 0.1) is 0 Å². The maximum atomic E-state index is 11.6. The van der Waals surface area contributed by atoms with Crippen molar-refractivity contribution in [3.8, 4) is 0 Å². The summed E-state index contributed by atoms with van der Waals surface area (Å²) in [6, 6.07) is -0.371. The summed E-state index contributed by atoms with van der Waals surface area (Å²) in [5.41, 5.74) is 0. The van der Waals surface area contributed by atoms with Crippen LogP contribution in [0.15, 0.2) is 0 Å². The summed E-state index contributed by atoms with van der Waals surface area (Å²) in [7, 11) is 0. The maximum Gasteiger partial charge on any atom is 0.303 e. The predicted molar refractivity (Wildman–Crippen MR) is 64.9 cm³/mol. The molecular formula is C12H20N2O4. The van der Waals surface area contributed by atoms with Gasteiger partial charge in [-0.15, -0.1) is 0 Å². The molecule has 0 aromatic rings. The van der Waals surface area contributed by atoms with Crippen molar-refractivity contribution < 1.29 is 19.5 Å². The van der Waals surface area contributed by atoms with Crippen molar-refractivity contribution in [1.29, 1.82) is 0 Å². The van der Waals surface area contributed by atoms with Crippen LogP contribution in [0.25, 0.3) is 0 Å². The molecule has 6 nitrogen and oxygen atoms in total. The van der Waals surface area contributed by atoms with Crippen molar-refractivity contribution >= 4 is 17.8 Å². The van der Waals surface area contributed by atoms with Crippen LogP contribution in [0.1, 0.15) is 44.9 Å². The summed E-state index contributed by atoms with van der Waals surface area (Å²) in [6.45, 7) is 0.582. The van der Waals surface area contributed by atoms with Gasteiger partial charge in [0.15, 0.2) is 0 Å². The van der Waals surface area contributed by atoms with Gasteiger partial charge >= 0.3 is 5.97 Å². The average molecular weight is 256 g/mol. The van der Waals surface area contributed by atoms with Crippen molar-refractivity contribution in [1.82, 2.24) is 10.6 Å². The summed E-state index contributed by atoms with van der Waals surface area (Å²) in [5.74, 6) is -0.949. The number of unbranched alkanes of at least 4 members (excludes halogenated alkanes) is 3. The smallest absolute Gasteiger partial charge is 0.303 e. The van der Waals surface area contributed by atoms with Gasteiger partial charge in [-0.05, 0) is 19.3 Å². The van der Waals surface area contributed by atoms with Crippen LogP contribution >= 0.6 is 0 Å². The summed E-state index contributed by atoms with van der Waals surface area (Å²) < 4.78 is 0. The molecule has 1 unspecified atom stereocenters. The first-order chi connectivity index (χ1) is 8.59. The number of aliphatic carboxylic acids is 1. The molecule has 1 atom stereocenters.